The quantitative estimate of drug-likeness (QED) is 0.150. The summed E-state index contributed by atoms with van der Waals surface area (Å²) in [4.78, 5) is 57.2. The molecule has 2 aliphatic rings. The number of thiazole rings is 1. The third-order valence-corrected chi connectivity index (χ3v) is 7.23. The minimum atomic E-state index is -1.56. The molecule has 2 amide bonds. The number of β-lactam (4-membered cyclic amide) rings is 1. The first-order valence-electron chi connectivity index (χ1n) is 8.85. The highest BCUT2D eigenvalue weighted by Crippen LogP contribution is 2.41. The summed E-state index contributed by atoms with van der Waals surface area (Å²) in [5.41, 5.74) is 5.63. The molecule has 17 heteroatoms. The Kier molecular flexibility index (Phi) is 7.93. The van der Waals surface area contributed by atoms with Gasteiger partial charge in [0.1, 0.15) is 21.4 Å². The normalized spacial score (nSPS) is 20.1. The fourth-order valence-electron chi connectivity index (χ4n) is 2.90. The van der Waals surface area contributed by atoms with E-state index < -0.39 is 47.7 Å². The van der Waals surface area contributed by atoms with E-state index in [1.807, 2.05) is 6.26 Å². The molecule has 1 unspecified atom stereocenters. The van der Waals surface area contributed by atoms with Gasteiger partial charge in [0.15, 0.2) is 10.8 Å². The molecule has 0 saturated carbocycles. The number of aliphatic carboxylic acids is 1. The van der Waals surface area contributed by atoms with Crippen LogP contribution in [0.2, 0.25) is 4.34 Å². The third kappa shape index (κ3) is 5.45. The van der Waals surface area contributed by atoms with Crippen molar-refractivity contribution in [3.63, 3.8) is 0 Å². The fourth-order valence-corrected chi connectivity index (χ4v) is 5.86. The van der Waals surface area contributed by atoms with Crippen LogP contribution in [0.1, 0.15) is 5.69 Å². The van der Waals surface area contributed by atoms with E-state index in [1.165, 1.54) is 28.4 Å². The number of ether oxygens (including phenoxy) is 1. The number of nitrogens with one attached hydrogen (secondary N) is 1. The molecule has 2 atom stereocenters. The van der Waals surface area contributed by atoms with Crippen LogP contribution in [-0.2, 0) is 24.0 Å². The number of rotatable bonds is 9. The number of oxime groups is 1. The maximum atomic E-state index is 12.9. The van der Waals surface area contributed by atoms with Gasteiger partial charge >= 0.3 is 12.1 Å². The summed E-state index contributed by atoms with van der Waals surface area (Å²) in [6.07, 6.45) is 0.266. The maximum Gasteiger partial charge on any atom is 0.512 e. The Morgan fingerprint density at radius 1 is 1.42 bits per heavy atom. The highest BCUT2D eigenvalue weighted by Gasteiger charge is 2.54. The van der Waals surface area contributed by atoms with Gasteiger partial charge in [-0.05, 0) is 6.26 Å². The molecule has 0 spiro atoms. The van der Waals surface area contributed by atoms with Crippen molar-refractivity contribution in [2.75, 3.05) is 30.1 Å². The lowest BCUT2D eigenvalue weighted by atomic mass is 10.1. The van der Waals surface area contributed by atoms with Crippen LogP contribution in [0, 0.1) is 0 Å². The molecule has 0 aromatic carbocycles. The predicted octanol–water partition coefficient (Wildman–Crippen LogP) is 0.853. The summed E-state index contributed by atoms with van der Waals surface area (Å²) in [5, 5.41) is 23.2. The van der Waals surface area contributed by atoms with Crippen molar-refractivity contribution >= 4 is 81.2 Å². The van der Waals surface area contributed by atoms with Crippen LogP contribution in [0.5, 0.6) is 0 Å². The van der Waals surface area contributed by atoms with Crippen molar-refractivity contribution in [3.8, 4) is 0 Å². The van der Waals surface area contributed by atoms with E-state index in [1.54, 1.807) is 0 Å². The number of hydrogen-bond acceptors (Lipinski definition) is 12. The van der Waals surface area contributed by atoms with Gasteiger partial charge in [0.05, 0.1) is 0 Å². The number of carbonyl (C=O) groups is 4. The van der Waals surface area contributed by atoms with Gasteiger partial charge < -0.3 is 30.8 Å². The van der Waals surface area contributed by atoms with Gasteiger partial charge in [-0.25, -0.2) is 14.6 Å². The molecule has 33 heavy (non-hydrogen) atoms. The number of halogens is 1. The number of carbonyl (C=O) groups excluding carboxylic acids is 2. The van der Waals surface area contributed by atoms with E-state index in [4.69, 9.17) is 32.3 Å². The molecule has 3 heterocycles. The Hall–Kier alpha value is -2.69. The summed E-state index contributed by atoms with van der Waals surface area (Å²) < 4.78 is 4.86. The van der Waals surface area contributed by atoms with Crippen LogP contribution in [0.3, 0.4) is 0 Å². The molecule has 178 valence electrons. The number of fused-ring (bicyclic) bond motifs is 1. The van der Waals surface area contributed by atoms with Gasteiger partial charge in [-0.3, -0.25) is 14.5 Å². The topological polar surface area (TPSA) is 194 Å². The van der Waals surface area contributed by atoms with Crippen LogP contribution in [0.25, 0.3) is 0 Å². The van der Waals surface area contributed by atoms with Gasteiger partial charge in [0, 0.05) is 17.1 Å². The van der Waals surface area contributed by atoms with E-state index in [9.17, 15) is 19.2 Å². The zero-order chi connectivity index (χ0) is 24.3. The lowest BCUT2D eigenvalue weighted by molar-refractivity contribution is -0.148. The predicted molar refractivity (Wildman–Crippen MR) is 121 cm³/mol. The molecular weight excluding hydrogens is 522 g/mol. The molecular formula is C16H16ClN5O8S3. The number of thioether (sulfide) groups is 2. The van der Waals surface area contributed by atoms with Gasteiger partial charge in [-0.15, -0.1) is 11.8 Å². The second-order valence-corrected chi connectivity index (χ2v) is 9.96. The van der Waals surface area contributed by atoms with Crippen molar-refractivity contribution in [1.82, 2.24) is 15.2 Å². The first-order valence-corrected chi connectivity index (χ1v) is 12.5. The number of anilines is 1. The maximum absolute atomic E-state index is 12.9. The number of nitrogens with two attached hydrogens (primary N) is 1. The molecule has 0 bridgehead atoms. The molecule has 0 radical (unpaired) electrons. The number of carboxylic acids is 1. The number of hydrogen-bond donors (Lipinski definition) is 4. The Morgan fingerprint density at radius 3 is 2.73 bits per heavy atom. The average Bonchev–Trinajstić information content (AvgIpc) is 3.07. The van der Waals surface area contributed by atoms with Crippen LogP contribution >= 0.6 is 46.5 Å². The Bertz CT molecular complexity index is 1060. The van der Waals surface area contributed by atoms with Crippen molar-refractivity contribution in [2.45, 2.75) is 11.4 Å². The number of amides is 2. The molecule has 1 fully saturated rings. The number of nitrogen functional groups attached to an aromatic ring is 1. The first-order chi connectivity index (χ1) is 15.6. The van der Waals surface area contributed by atoms with E-state index in [-0.39, 0.29) is 21.0 Å². The lowest BCUT2D eigenvalue weighted by Gasteiger charge is -2.49. The molecule has 3 rings (SSSR count). The standard InChI is InChI=1S/C16H16ClN5O8S3/c1-31-3-5-4-32-14-9(12(26)22(14)13(5)30-16(27)28)19-11(25)8(21-29-2-6(23)24)7-10(17)33-15(18)20-7/h9,14H,2-4H2,1H3,(H2,18,20)(H,19,25)(H,23,24)(H,27,28)/t9?,14-/m0/s1. The van der Waals surface area contributed by atoms with Crippen molar-refractivity contribution in [1.29, 1.82) is 0 Å². The highest BCUT2D eigenvalue weighted by molar-refractivity contribution is 8.00. The zero-order valence-electron chi connectivity index (χ0n) is 16.6. The van der Waals surface area contributed by atoms with E-state index in [0.717, 1.165) is 11.3 Å². The molecule has 0 aliphatic carbocycles. The van der Waals surface area contributed by atoms with Crippen molar-refractivity contribution in [3.05, 3.63) is 21.5 Å². The Balaban J connectivity index is 1.81. The van der Waals surface area contributed by atoms with Crippen LogP contribution in [-0.4, -0.2) is 85.5 Å². The SMILES string of the molecule is CSCC1=C(OC(=O)O)N2C(=O)C(NC(=O)C(=NOCC(=O)O)c3nc(N)sc3Cl)[C@@H]2SC1. The monoisotopic (exact) mass is 537 g/mol. The van der Waals surface area contributed by atoms with Crippen LogP contribution in [0.4, 0.5) is 9.93 Å². The molecule has 1 aromatic rings. The molecule has 5 N–H and O–H groups in total. The second kappa shape index (κ2) is 10.5. The molecule has 1 saturated heterocycles. The summed E-state index contributed by atoms with van der Waals surface area (Å²) in [6.45, 7) is -0.832. The molecule has 2 aliphatic heterocycles. The summed E-state index contributed by atoms with van der Waals surface area (Å²) in [5.74, 6) is -2.04. The fraction of sp³-hybridized carbons (Fsp3) is 0.375. The number of carboxylic acid groups (broad SMARTS) is 2. The van der Waals surface area contributed by atoms with Crippen molar-refractivity contribution in [2.24, 2.45) is 5.16 Å². The first kappa shape index (κ1) is 24.9. The average molecular weight is 538 g/mol. The molecule has 1 aromatic heterocycles. The summed E-state index contributed by atoms with van der Waals surface area (Å²) in [7, 11) is 0. The lowest BCUT2D eigenvalue weighted by Crippen LogP contribution is -2.70. The van der Waals surface area contributed by atoms with Crippen LogP contribution in [0.15, 0.2) is 16.6 Å². The van der Waals surface area contributed by atoms with Gasteiger partial charge in [-0.2, -0.15) is 11.8 Å². The second-order valence-electron chi connectivity index (χ2n) is 6.35. The minimum Gasteiger partial charge on any atom is -0.479 e. The smallest absolute Gasteiger partial charge is 0.479 e. The van der Waals surface area contributed by atoms with Gasteiger partial charge in [-0.1, -0.05) is 28.1 Å². The Morgan fingerprint density at radius 2 is 2.15 bits per heavy atom. The summed E-state index contributed by atoms with van der Waals surface area (Å²) in [6, 6.07) is -1.04. The summed E-state index contributed by atoms with van der Waals surface area (Å²) >= 11 is 9.67. The van der Waals surface area contributed by atoms with Gasteiger partial charge in [0.25, 0.3) is 11.8 Å². The molecule has 13 nitrogen and oxygen atoms in total. The van der Waals surface area contributed by atoms with Crippen LogP contribution < -0.4 is 11.1 Å². The van der Waals surface area contributed by atoms with Crippen molar-refractivity contribution < 1.29 is 39.0 Å². The van der Waals surface area contributed by atoms with E-state index in [2.05, 4.69) is 20.3 Å². The Labute approximate surface area is 203 Å². The zero-order valence-corrected chi connectivity index (χ0v) is 19.8. The van der Waals surface area contributed by atoms with E-state index >= 15 is 0 Å². The van der Waals surface area contributed by atoms with Gasteiger partial charge in [0.2, 0.25) is 12.5 Å². The third-order valence-electron chi connectivity index (χ3n) is 4.17. The largest absolute Gasteiger partial charge is 0.512 e. The number of aromatic nitrogens is 1. The van der Waals surface area contributed by atoms with E-state index in [0.29, 0.717) is 17.1 Å². The minimum absolute atomic E-state index is 0.00992. The highest BCUT2D eigenvalue weighted by atomic mass is 35.5. The number of nitrogens with zero attached hydrogens (tertiary/aromatic N) is 3.